The average molecular weight is 308 g/mol. The van der Waals surface area contributed by atoms with Crippen LogP contribution < -0.4 is 10.6 Å². The number of nitrogens with one attached hydrogen (secondary N) is 2. The Kier molecular flexibility index (Phi) is 4.10. The Labute approximate surface area is 134 Å². The fourth-order valence-electron chi connectivity index (χ4n) is 2.22. The molecule has 23 heavy (non-hydrogen) atoms. The van der Waals surface area contributed by atoms with Gasteiger partial charge in [0.1, 0.15) is 5.57 Å². The van der Waals surface area contributed by atoms with Gasteiger partial charge in [-0.05, 0) is 31.2 Å². The van der Waals surface area contributed by atoms with Gasteiger partial charge in [0.05, 0.1) is 0 Å². The van der Waals surface area contributed by atoms with Gasteiger partial charge < -0.3 is 15.4 Å². The maximum absolute atomic E-state index is 12.4. The summed E-state index contributed by atoms with van der Waals surface area (Å²) in [5.41, 5.74) is 2.48. The first-order chi connectivity index (χ1) is 11.1. The van der Waals surface area contributed by atoms with Crippen molar-refractivity contribution >= 4 is 23.1 Å². The summed E-state index contributed by atoms with van der Waals surface area (Å²) in [6.07, 6.45) is 0. The summed E-state index contributed by atoms with van der Waals surface area (Å²) in [6.45, 7) is 1.83. The zero-order valence-corrected chi connectivity index (χ0v) is 12.6. The number of carbonyl (C=O) groups is 2. The van der Waals surface area contributed by atoms with Crippen LogP contribution in [0.5, 0.6) is 0 Å². The highest BCUT2D eigenvalue weighted by molar-refractivity contribution is 6.25. The number of Topliss-reactive ketones (excluding diaryl/α,β-unsaturated/α-hetero) is 1. The molecule has 0 radical (unpaired) electrons. The van der Waals surface area contributed by atoms with Crippen LogP contribution in [0.3, 0.4) is 0 Å². The minimum Gasteiger partial charge on any atom is -0.470 e. The van der Waals surface area contributed by atoms with Gasteiger partial charge in [-0.3, -0.25) is 9.59 Å². The highest BCUT2D eigenvalue weighted by Crippen LogP contribution is 2.21. The van der Waals surface area contributed by atoms with E-state index in [0.717, 1.165) is 11.3 Å². The molecule has 5 nitrogen and oxygen atoms in total. The maximum atomic E-state index is 12.4. The molecule has 0 bridgehead atoms. The lowest BCUT2D eigenvalue weighted by atomic mass is 10.1. The lowest BCUT2D eigenvalue weighted by Crippen LogP contribution is -2.21. The van der Waals surface area contributed by atoms with Crippen molar-refractivity contribution in [3.05, 3.63) is 71.6 Å². The predicted molar refractivity (Wildman–Crippen MR) is 87.9 cm³/mol. The molecule has 2 aromatic rings. The van der Waals surface area contributed by atoms with Crippen LogP contribution in [0.4, 0.5) is 11.4 Å². The van der Waals surface area contributed by atoms with E-state index in [0.29, 0.717) is 5.69 Å². The standard InChI is InChI=1S/C18H16N2O3/c1-12-7-9-14(10-8-12)19-17(22)16-15(21)11-23-18(16)20-13-5-3-2-4-6-13/h2-10,20H,11H2,1H3,(H,19,22). The van der Waals surface area contributed by atoms with Crippen molar-refractivity contribution in [1.29, 1.82) is 0 Å². The van der Waals surface area contributed by atoms with Gasteiger partial charge in [0.15, 0.2) is 6.61 Å². The molecule has 116 valence electrons. The number of hydrogen-bond donors (Lipinski definition) is 2. The fraction of sp³-hybridized carbons (Fsp3) is 0.111. The number of ether oxygens (including phenoxy) is 1. The molecule has 0 atom stereocenters. The minimum absolute atomic E-state index is 0.00873. The highest BCUT2D eigenvalue weighted by atomic mass is 16.5. The molecule has 1 heterocycles. The summed E-state index contributed by atoms with van der Waals surface area (Å²) in [4.78, 5) is 24.4. The van der Waals surface area contributed by atoms with Gasteiger partial charge in [-0.2, -0.15) is 0 Å². The number of anilines is 2. The Morgan fingerprint density at radius 2 is 1.70 bits per heavy atom. The third kappa shape index (κ3) is 3.40. The van der Waals surface area contributed by atoms with Gasteiger partial charge in [-0.15, -0.1) is 0 Å². The fourth-order valence-corrected chi connectivity index (χ4v) is 2.22. The van der Waals surface area contributed by atoms with Crippen LogP contribution in [0.2, 0.25) is 0 Å². The Hall–Kier alpha value is -3.08. The van der Waals surface area contributed by atoms with Crippen molar-refractivity contribution in [3.8, 4) is 0 Å². The molecular formula is C18H16N2O3. The zero-order valence-electron chi connectivity index (χ0n) is 12.6. The van der Waals surface area contributed by atoms with E-state index < -0.39 is 5.91 Å². The molecule has 0 saturated carbocycles. The number of para-hydroxylation sites is 1. The monoisotopic (exact) mass is 308 g/mol. The van der Waals surface area contributed by atoms with Gasteiger partial charge >= 0.3 is 0 Å². The molecular weight excluding hydrogens is 292 g/mol. The molecule has 0 unspecified atom stereocenters. The second-order valence-corrected chi connectivity index (χ2v) is 5.23. The normalized spacial score (nSPS) is 13.7. The second-order valence-electron chi connectivity index (χ2n) is 5.23. The zero-order chi connectivity index (χ0) is 16.2. The number of ketones is 1. The SMILES string of the molecule is Cc1ccc(NC(=O)C2=C(Nc3ccccc3)OCC2=O)cc1. The molecule has 1 aliphatic rings. The van der Waals surface area contributed by atoms with Crippen molar-refractivity contribution in [2.45, 2.75) is 6.92 Å². The van der Waals surface area contributed by atoms with E-state index in [1.807, 2.05) is 49.4 Å². The third-order valence-electron chi connectivity index (χ3n) is 3.42. The van der Waals surface area contributed by atoms with E-state index >= 15 is 0 Å². The van der Waals surface area contributed by atoms with Crippen molar-refractivity contribution in [1.82, 2.24) is 0 Å². The number of rotatable bonds is 4. The van der Waals surface area contributed by atoms with Crippen LogP contribution in [0.25, 0.3) is 0 Å². The topological polar surface area (TPSA) is 67.4 Å². The first-order valence-corrected chi connectivity index (χ1v) is 7.24. The van der Waals surface area contributed by atoms with E-state index in [2.05, 4.69) is 10.6 Å². The van der Waals surface area contributed by atoms with E-state index in [9.17, 15) is 9.59 Å². The van der Waals surface area contributed by atoms with E-state index in [1.54, 1.807) is 12.1 Å². The first kappa shape index (κ1) is 14.8. The van der Waals surface area contributed by atoms with Gasteiger partial charge in [0.2, 0.25) is 11.7 Å². The molecule has 1 amide bonds. The lowest BCUT2D eigenvalue weighted by molar-refractivity contribution is -0.120. The lowest BCUT2D eigenvalue weighted by Gasteiger charge is -2.09. The Morgan fingerprint density at radius 3 is 2.39 bits per heavy atom. The molecule has 0 aromatic heterocycles. The second kappa shape index (κ2) is 6.36. The summed E-state index contributed by atoms with van der Waals surface area (Å²) >= 11 is 0. The van der Waals surface area contributed by atoms with Crippen molar-refractivity contribution in [3.63, 3.8) is 0 Å². The maximum Gasteiger partial charge on any atom is 0.264 e. The molecule has 2 N–H and O–H groups in total. The number of hydrogen-bond acceptors (Lipinski definition) is 4. The van der Waals surface area contributed by atoms with Gasteiger partial charge in [0, 0.05) is 11.4 Å². The van der Waals surface area contributed by atoms with Crippen LogP contribution in [0.1, 0.15) is 5.56 Å². The van der Waals surface area contributed by atoms with E-state index in [4.69, 9.17) is 4.74 Å². The molecule has 2 aromatic carbocycles. The number of carbonyl (C=O) groups excluding carboxylic acids is 2. The van der Waals surface area contributed by atoms with E-state index in [-0.39, 0.29) is 23.8 Å². The van der Waals surface area contributed by atoms with Crippen LogP contribution in [-0.4, -0.2) is 18.3 Å². The quantitative estimate of drug-likeness (QED) is 0.852. The van der Waals surface area contributed by atoms with Crippen LogP contribution in [-0.2, 0) is 14.3 Å². The van der Waals surface area contributed by atoms with Gasteiger partial charge in [-0.25, -0.2) is 0 Å². The summed E-state index contributed by atoms with van der Waals surface area (Å²) in [5, 5.41) is 5.69. The van der Waals surface area contributed by atoms with Gasteiger partial charge in [-0.1, -0.05) is 35.9 Å². The average Bonchev–Trinajstić information content (AvgIpc) is 2.91. The molecule has 0 spiro atoms. The molecule has 0 saturated heterocycles. The Morgan fingerprint density at radius 1 is 1.00 bits per heavy atom. The molecule has 1 aliphatic heterocycles. The minimum atomic E-state index is -0.477. The summed E-state index contributed by atoms with van der Waals surface area (Å²) < 4.78 is 5.32. The number of aryl methyl sites for hydroxylation is 1. The van der Waals surface area contributed by atoms with Crippen LogP contribution in [0.15, 0.2) is 66.1 Å². The predicted octanol–water partition coefficient (Wildman–Crippen LogP) is 2.86. The number of benzene rings is 2. The third-order valence-corrected chi connectivity index (χ3v) is 3.42. The van der Waals surface area contributed by atoms with Crippen molar-refractivity contribution in [2.75, 3.05) is 17.2 Å². The highest BCUT2D eigenvalue weighted by Gasteiger charge is 2.31. The van der Waals surface area contributed by atoms with Crippen molar-refractivity contribution in [2.24, 2.45) is 0 Å². The molecule has 0 aliphatic carbocycles. The summed E-state index contributed by atoms with van der Waals surface area (Å²) in [7, 11) is 0. The number of amides is 1. The van der Waals surface area contributed by atoms with Gasteiger partial charge in [0.25, 0.3) is 5.91 Å². The van der Waals surface area contributed by atoms with E-state index in [1.165, 1.54) is 0 Å². The largest absolute Gasteiger partial charge is 0.470 e. The Balaban J connectivity index is 1.81. The van der Waals surface area contributed by atoms with Crippen molar-refractivity contribution < 1.29 is 14.3 Å². The van der Waals surface area contributed by atoms with Crippen LogP contribution >= 0.6 is 0 Å². The molecule has 0 fully saturated rings. The van der Waals surface area contributed by atoms with Crippen LogP contribution in [0, 0.1) is 6.92 Å². The smallest absolute Gasteiger partial charge is 0.264 e. The summed E-state index contributed by atoms with van der Waals surface area (Å²) in [5.74, 6) is -0.631. The first-order valence-electron chi connectivity index (χ1n) is 7.24. The summed E-state index contributed by atoms with van der Waals surface area (Å²) in [6, 6.07) is 16.6. The molecule has 3 rings (SSSR count). The Bertz CT molecular complexity index is 765. The molecule has 5 heteroatoms.